The van der Waals surface area contributed by atoms with E-state index in [4.69, 9.17) is 23.2 Å². The van der Waals surface area contributed by atoms with Gasteiger partial charge in [-0.15, -0.1) is 0 Å². The van der Waals surface area contributed by atoms with Crippen LogP contribution in [0.5, 0.6) is 5.75 Å². The van der Waals surface area contributed by atoms with Gasteiger partial charge in [-0.3, -0.25) is 14.9 Å². The van der Waals surface area contributed by atoms with Crippen LogP contribution in [0.2, 0.25) is 10.0 Å². The highest BCUT2D eigenvalue weighted by atomic mass is 35.5. The molecule has 0 bridgehead atoms. The molecule has 9 heteroatoms. The normalized spacial score (nSPS) is 10.3. The number of thiophene rings is 1. The van der Waals surface area contributed by atoms with Crippen LogP contribution in [-0.4, -0.2) is 15.9 Å². The lowest BCUT2D eigenvalue weighted by molar-refractivity contribution is -0.380. The highest BCUT2D eigenvalue weighted by molar-refractivity contribution is 7.17. The lowest BCUT2D eigenvalue weighted by Gasteiger charge is -2.06. The number of carbonyl (C=O) groups excluding carboxylic acids is 1. The van der Waals surface area contributed by atoms with E-state index in [1.165, 1.54) is 24.3 Å². The molecular formula is C11H6Cl2N2O4S. The molecule has 2 N–H and O–H groups in total. The van der Waals surface area contributed by atoms with Gasteiger partial charge in [0.1, 0.15) is 0 Å². The zero-order chi connectivity index (χ0) is 14.9. The number of benzene rings is 1. The predicted octanol–water partition coefficient (Wildman–Crippen LogP) is 3.92. The highest BCUT2D eigenvalue weighted by Crippen LogP contribution is 2.35. The van der Waals surface area contributed by atoms with Gasteiger partial charge in [-0.05, 0) is 18.2 Å². The number of phenolic OH excluding ortho intramolecular Hbond substituents is 1. The average Bonchev–Trinajstić information content (AvgIpc) is 2.85. The molecule has 20 heavy (non-hydrogen) atoms. The molecule has 104 valence electrons. The summed E-state index contributed by atoms with van der Waals surface area (Å²) in [7, 11) is 0. The van der Waals surface area contributed by atoms with Gasteiger partial charge in [-0.1, -0.05) is 34.5 Å². The number of nitrogens with one attached hydrogen (secondary N) is 1. The summed E-state index contributed by atoms with van der Waals surface area (Å²) in [5.74, 6) is -0.806. The number of nitrogens with zero attached hydrogens (tertiary/aromatic N) is 1. The summed E-state index contributed by atoms with van der Waals surface area (Å²) < 4.78 is 0. The molecule has 0 radical (unpaired) electrons. The maximum Gasteiger partial charge on any atom is 0.324 e. The van der Waals surface area contributed by atoms with E-state index < -0.39 is 10.8 Å². The van der Waals surface area contributed by atoms with Crippen LogP contribution in [-0.2, 0) is 0 Å². The number of nitro groups is 1. The fourth-order valence-corrected chi connectivity index (χ4v) is 2.58. The van der Waals surface area contributed by atoms with Crippen LogP contribution in [0.4, 0.5) is 10.7 Å². The zero-order valence-corrected chi connectivity index (χ0v) is 11.9. The second-order valence-electron chi connectivity index (χ2n) is 3.64. The Morgan fingerprint density at radius 2 is 1.90 bits per heavy atom. The van der Waals surface area contributed by atoms with E-state index in [1.807, 2.05) is 0 Å². The van der Waals surface area contributed by atoms with E-state index in [0.29, 0.717) is 0 Å². The van der Waals surface area contributed by atoms with Gasteiger partial charge < -0.3 is 10.4 Å². The number of anilines is 1. The third kappa shape index (κ3) is 3.01. The van der Waals surface area contributed by atoms with Crippen LogP contribution >= 0.6 is 34.5 Å². The van der Waals surface area contributed by atoms with Crippen LogP contribution in [0.1, 0.15) is 9.67 Å². The van der Waals surface area contributed by atoms with Gasteiger partial charge in [0.25, 0.3) is 5.91 Å². The Morgan fingerprint density at radius 1 is 1.30 bits per heavy atom. The Kier molecular flexibility index (Phi) is 4.12. The summed E-state index contributed by atoms with van der Waals surface area (Å²) in [6.07, 6.45) is 0. The smallest absolute Gasteiger partial charge is 0.324 e. The van der Waals surface area contributed by atoms with Crippen LogP contribution in [0, 0.1) is 10.1 Å². The minimum absolute atomic E-state index is 0.00930. The number of rotatable bonds is 3. The van der Waals surface area contributed by atoms with E-state index in [1.54, 1.807) is 0 Å². The summed E-state index contributed by atoms with van der Waals surface area (Å²) in [4.78, 5) is 22.0. The maximum absolute atomic E-state index is 11.9. The number of phenols is 1. The van der Waals surface area contributed by atoms with Crippen LogP contribution in [0.15, 0.2) is 24.3 Å². The first-order chi connectivity index (χ1) is 9.38. The monoisotopic (exact) mass is 332 g/mol. The SMILES string of the molecule is O=C(Nc1cc(Cl)c(O)c(Cl)c1)c1ccc([N+](=O)[O-])s1. The Balaban J connectivity index is 2.21. The van der Waals surface area contributed by atoms with Gasteiger partial charge in [0.15, 0.2) is 5.75 Å². The third-order valence-electron chi connectivity index (χ3n) is 2.27. The second kappa shape index (κ2) is 5.66. The first-order valence-corrected chi connectivity index (χ1v) is 6.69. The summed E-state index contributed by atoms with van der Waals surface area (Å²) in [6.45, 7) is 0. The first kappa shape index (κ1) is 14.6. The molecule has 0 atom stereocenters. The molecule has 0 unspecified atom stereocenters. The Labute approximate surface area is 126 Å². The van der Waals surface area contributed by atoms with Gasteiger partial charge in [-0.25, -0.2) is 0 Å². The molecule has 0 spiro atoms. The number of halogens is 2. The molecule has 1 heterocycles. The van der Waals surface area contributed by atoms with E-state index in [-0.39, 0.29) is 31.4 Å². The van der Waals surface area contributed by atoms with Crippen molar-refractivity contribution in [2.75, 3.05) is 5.32 Å². The van der Waals surface area contributed by atoms with Crippen LogP contribution in [0.3, 0.4) is 0 Å². The Bertz CT molecular complexity index is 678. The largest absolute Gasteiger partial charge is 0.505 e. The summed E-state index contributed by atoms with van der Waals surface area (Å²) in [5, 5.41) is 22.3. The Morgan fingerprint density at radius 3 is 2.40 bits per heavy atom. The lowest BCUT2D eigenvalue weighted by Crippen LogP contribution is -2.10. The quantitative estimate of drug-likeness (QED) is 0.506. The number of carbonyl (C=O) groups is 1. The molecule has 1 aromatic carbocycles. The number of aromatic hydroxyl groups is 1. The van der Waals surface area contributed by atoms with Gasteiger partial charge in [0.2, 0.25) is 0 Å². The number of amides is 1. The molecule has 0 aliphatic rings. The molecule has 1 amide bonds. The van der Waals surface area contributed by atoms with E-state index in [9.17, 15) is 20.0 Å². The van der Waals surface area contributed by atoms with Gasteiger partial charge >= 0.3 is 5.00 Å². The summed E-state index contributed by atoms with van der Waals surface area (Å²) in [5.41, 5.74) is 0.277. The Hall–Kier alpha value is -1.83. The maximum atomic E-state index is 11.9. The van der Waals surface area contributed by atoms with Crippen molar-refractivity contribution in [3.8, 4) is 5.75 Å². The topological polar surface area (TPSA) is 92.5 Å². The van der Waals surface area contributed by atoms with Crippen molar-refractivity contribution in [3.63, 3.8) is 0 Å². The van der Waals surface area contributed by atoms with Gasteiger partial charge in [0.05, 0.1) is 19.8 Å². The standard InChI is InChI=1S/C11H6Cl2N2O4S/c12-6-3-5(4-7(13)10(6)16)14-11(17)8-1-2-9(20-8)15(18)19/h1-4,16H,(H,14,17). The minimum atomic E-state index is -0.574. The summed E-state index contributed by atoms with van der Waals surface area (Å²) in [6, 6.07) is 5.24. The summed E-state index contributed by atoms with van der Waals surface area (Å²) >= 11 is 12.2. The molecule has 0 aliphatic carbocycles. The third-order valence-corrected chi connectivity index (χ3v) is 3.88. The molecule has 6 nitrogen and oxygen atoms in total. The minimum Gasteiger partial charge on any atom is -0.505 e. The predicted molar refractivity (Wildman–Crippen MR) is 77.1 cm³/mol. The molecule has 2 aromatic rings. The highest BCUT2D eigenvalue weighted by Gasteiger charge is 2.16. The fraction of sp³-hybridized carbons (Fsp3) is 0. The van der Waals surface area contributed by atoms with E-state index >= 15 is 0 Å². The van der Waals surface area contributed by atoms with Crippen molar-refractivity contribution in [1.82, 2.24) is 0 Å². The van der Waals surface area contributed by atoms with Crippen molar-refractivity contribution < 1.29 is 14.8 Å². The van der Waals surface area contributed by atoms with Crippen LogP contribution < -0.4 is 5.32 Å². The molecule has 0 fully saturated rings. The van der Waals surface area contributed by atoms with Crippen molar-refractivity contribution in [3.05, 3.63) is 49.3 Å². The van der Waals surface area contributed by atoms with Gasteiger partial charge in [-0.2, -0.15) is 0 Å². The average molecular weight is 333 g/mol. The van der Waals surface area contributed by atoms with E-state index in [2.05, 4.69) is 5.32 Å². The second-order valence-corrected chi connectivity index (χ2v) is 5.51. The van der Waals surface area contributed by atoms with Gasteiger partial charge in [0, 0.05) is 11.8 Å². The van der Waals surface area contributed by atoms with Crippen molar-refractivity contribution in [2.45, 2.75) is 0 Å². The molecule has 0 saturated carbocycles. The molecular weight excluding hydrogens is 327 g/mol. The zero-order valence-electron chi connectivity index (χ0n) is 9.59. The number of hydrogen-bond donors (Lipinski definition) is 2. The molecule has 1 aromatic heterocycles. The van der Waals surface area contributed by atoms with Crippen LogP contribution in [0.25, 0.3) is 0 Å². The van der Waals surface area contributed by atoms with Crippen molar-refractivity contribution in [2.24, 2.45) is 0 Å². The molecule has 0 saturated heterocycles. The van der Waals surface area contributed by atoms with E-state index in [0.717, 1.165) is 11.3 Å². The lowest BCUT2D eigenvalue weighted by atomic mass is 10.3. The molecule has 0 aliphatic heterocycles. The van der Waals surface area contributed by atoms with Crippen molar-refractivity contribution >= 4 is 51.1 Å². The first-order valence-electron chi connectivity index (χ1n) is 5.12. The van der Waals surface area contributed by atoms with Crippen molar-refractivity contribution in [1.29, 1.82) is 0 Å². The molecule has 2 rings (SSSR count). The number of hydrogen-bond acceptors (Lipinski definition) is 5. The fourth-order valence-electron chi connectivity index (χ4n) is 1.38.